The molecule has 158 valence electrons. The van der Waals surface area contributed by atoms with E-state index in [9.17, 15) is 0 Å². The van der Waals surface area contributed by atoms with Crippen molar-refractivity contribution in [2.24, 2.45) is 0 Å². The molecule has 30 heavy (non-hydrogen) atoms. The number of hydrogen-bond acceptors (Lipinski definition) is 0. The van der Waals surface area contributed by atoms with Crippen LogP contribution in [-0.2, 0) is 20.3 Å². The van der Waals surface area contributed by atoms with Gasteiger partial charge in [0.2, 0.25) is 0 Å². The van der Waals surface area contributed by atoms with Crippen LogP contribution in [0.1, 0.15) is 75.5 Å². The van der Waals surface area contributed by atoms with Gasteiger partial charge in [0, 0.05) is 0 Å². The Hall–Kier alpha value is -0.617. The summed E-state index contributed by atoms with van der Waals surface area (Å²) in [5.41, 5.74) is 9.61. The molecule has 3 aliphatic rings. The van der Waals surface area contributed by atoms with E-state index < -0.39 is 20.3 Å². The zero-order valence-electron chi connectivity index (χ0n) is 18.3. The van der Waals surface area contributed by atoms with E-state index >= 15 is 0 Å². The Morgan fingerprint density at radius 2 is 1.10 bits per heavy atom. The number of benzene rings is 2. The average Bonchev–Trinajstić information content (AvgIpc) is 3.24. The van der Waals surface area contributed by atoms with E-state index in [2.05, 4.69) is 79.2 Å². The first-order valence-corrected chi connectivity index (χ1v) is 17.9. The molecule has 0 heterocycles. The van der Waals surface area contributed by atoms with Crippen molar-refractivity contribution in [3.05, 3.63) is 81.9 Å². The van der Waals surface area contributed by atoms with Gasteiger partial charge >= 0.3 is 176 Å². The Morgan fingerprint density at radius 1 is 0.667 bits per heavy atom. The van der Waals surface area contributed by atoms with E-state index in [1.165, 1.54) is 43.2 Å². The molecule has 0 aromatic heterocycles. The third-order valence-electron chi connectivity index (χ3n) is 8.02. The van der Waals surface area contributed by atoms with Crippen LogP contribution < -0.4 is 24.8 Å². The SMILES string of the molecule is CC1=Cc2ccccc2[CH]1[Zr+2]([CH3])([CH]1CCCCC1)[CH]1C(C)=Cc2ccccc21.[Cl-].[Cl-]. The third-order valence-corrected chi connectivity index (χ3v) is 23.6. The van der Waals surface area contributed by atoms with Crippen LogP contribution in [0.15, 0.2) is 59.7 Å². The minimum Gasteiger partial charge on any atom is -1.00 e. The zero-order valence-corrected chi connectivity index (χ0v) is 22.3. The van der Waals surface area contributed by atoms with Gasteiger partial charge in [0.05, 0.1) is 0 Å². The maximum Gasteiger partial charge on any atom is -1.00 e. The molecule has 2 atom stereocenters. The molecular formula is C27H32Cl2Zr. The van der Waals surface area contributed by atoms with Crippen LogP contribution in [-0.4, -0.2) is 0 Å². The van der Waals surface area contributed by atoms with Crippen molar-refractivity contribution < 1.29 is 45.1 Å². The van der Waals surface area contributed by atoms with Gasteiger partial charge in [-0.2, -0.15) is 0 Å². The van der Waals surface area contributed by atoms with Crippen molar-refractivity contribution in [2.45, 2.75) is 61.5 Å². The largest absolute Gasteiger partial charge is 1.00 e. The van der Waals surface area contributed by atoms with Crippen LogP contribution in [0.25, 0.3) is 12.2 Å². The third kappa shape index (κ3) is 3.74. The van der Waals surface area contributed by atoms with Crippen LogP contribution in [0.3, 0.4) is 0 Å². The maximum atomic E-state index is 2.85. The van der Waals surface area contributed by atoms with Crippen molar-refractivity contribution in [2.75, 3.05) is 0 Å². The molecule has 0 radical (unpaired) electrons. The summed E-state index contributed by atoms with van der Waals surface area (Å²) in [6.07, 6.45) is 12.3. The number of rotatable bonds is 3. The number of hydrogen-bond donors (Lipinski definition) is 0. The predicted molar refractivity (Wildman–Crippen MR) is 118 cm³/mol. The summed E-state index contributed by atoms with van der Waals surface area (Å²) < 4.78 is 5.29. The second-order valence-electron chi connectivity index (χ2n) is 9.60. The summed E-state index contributed by atoms with van der Waals surface area (Å²) in [6.45, 7) is 4.87. The average molecular weight is 519 g/mol. The summed E-state index contributed by atoms with van der Waals surface area (Å²) in [6, 6.07) is 18.6. The Kier molecular flexibility index (Phi) is 7.59. The first-order valence-electron chi connectivity index (χ1n) is 11.1. The van der Waals surface area contributed by atoms with Gasteiger partial charge in [0.25, 0.3) is 0 Å². The number of fused-ring (bicyclic) bond motifs is 2. The molecule has 0 saturated heterocycles. The topological polar surface area (TPSA) is 0 Å². The van der Waals surface area contributed by atoms with Crippen molar-refractivity contribution in [1.29, 1.82) is 0 Å². The van der Waals surface area contributed by atoms with Gasteiger partial charge in [-0.05, 0) is 0 Å². The minimum atomic E-state index is -2.76. The van der Waals surface area contributed by atoms with Gasteiger partial charge in [-0.15, -0.1) is 0 Å². The number of allylic oxidation sites excluding steroid dienone is 2. The summed E-state index contributed by atoms with van der Waals surface area (Å²) >= 11 is -2.76. The molecule has 1 fully saturated rings. The van der Waals surface area contributed by atoms with E-state index in [0.717, 1.165) is 10.9 Å². The molecule has 2 aromatic rings. The zero-order chi connectivity index (χ0) is 19.3. The standard InChI is InChI=1S/2C10H9.C6H11.CH3.2ClH.Zr/c2*1-8-6-9-4-2-3-5-10(9)7-8;1-2-4-6-5-3-1;;;;/h2*2-7H,1H3;1H,2-6H2;1H3;2*1H;/q;;;;;;+2/p-2. The Morgan fingerprint density at radius 3 is 1.57 bits per heavy atom. The molecule has 1 saturated carbocycles. The molecular weight excluding hydrogens is 486 g/mol. The molecule has 0 N–H and O–H groups in total. The molecule has 5 rings (SSSR count). The van der Waals surface area contributed by atoms with Gasteiger partial charge in [0.1, 0.15) is 0 Å². The van der Waals surface area contributed by atoms with Gasteiger partial charge in [-0.1, -0.05) is 0 Å². The Balaban J connectivity index is 0.00000128. The smallest absolute Gasteiger partial charge is 1.00 e. The first kappa shape index (κ1) is 24.0. The van der Waals surface area contributed by atoms with E-state index in [1.807, 2.05) is 0 Å². The fourth-order valence-corrected chi connectivity index (χ4v) is 24.0. The Bertz CT molecular complexity index is 901. The van der Waals surface area contributed by atoms with Crippen LogP contribution in [0.5, 0.6) is 0 Å². The van der Waals surface area contributed by atoms with Crippen molar-refractivity contribution in [3.63, 3.8) is 0 Å². The molecule has 0 spiro atoms. The van der Waals surface area contributed by atoms with Gasteiger partial charge < -0.3 is 24.8 Å². The molecule has 0 amide bonds. The molecule has 3 heteroatoms. The first-order chi connectivity index (χ1) is 13.6. The summed E-state index contributed by atoms with van der Waals surface area (Å²) in [5, 5.41) is 0. The van der Waals surface area contributed by atoms with Crippen LogP contribution >= 0.6 is 0 Å². The molecule has 2 unspecified atom stereocenters. The molecule has 3 aliphatic carbocycles. The van der Waals surface area contributed by atoms with Gasteiger partial charge in [-0.25, -0.2) is 0 Å². The second kappa shape index (κ2) is 9.48. The molecule has 0 bridgehead atoms. The van der Waals surface area contributed by atoms with E-state index in [4.69, 9.17) is 0 Å². The summed E-state index contributed by atoms with van der Waals surface area (Å²) in [7, 11) is 0. The van der Waals surface area contributed by atoms with E-state index in [1.54, 1.807) is 22.3 Å². The van der Waals surface area contributed by atoms with Crippen LogP contribution in [0.4, 0.5) is 0 Å². The summed E-state index contributed by atoms with van der Waals surface area (Å²) in [4.78, 5) is 0. The number of halogens is 2. The normalized spacial score (nSPS) is 23.4. The molecule has 2 aromatic carbocycles. The maximum absolute atomic E-state index is 2.85. The van der Waals surface area contributed by atoms with Crippen molar-refractivity contribution in [1.82, 2.24) is 0 Å². The predicted octanol–water partition coefficient (Wildman–Crippen LogP) is 2.27. The van der Waals surface area contributed by atoms with Gasteiger partial charge in [-0.3, -0.25) is 0 Å². The second-order valence-corrected chi connectivity index (χ2v) is 21.2. The minimum absolute atomic E-state index is 0. The van der Waals surface area contributed by atoms with Crippen LogP contribution in [0, 0.1) is 0 Å². The van der Waals surface area contributed by atoms with E-state index in [-0.39, 0.29) is 24.8 Å². The monoisotopic (exact) mass is 516 g/mol. The fourth-order valence-electron chi connectivity index (χ4n) is 6.97. The van der Waals surface area contributed by atoms with Crippen LogP contribution in [0.2, 0.25) is 8.26 Å². The molecule has 0 aliphatic heterocycles. The van der Waals surface area contributed by atoms with Crippen molar-refractivity contribution in [3.8, 4) is 0 Å². The summed E-state index contributed by atoms with van der Waals surface area (Å²) in [5.74, 6) is 0. The molecule has 0 nitrogen and oxygen atoms in total. The Labute approximate surface area is 199 Å². The quantitative estimate of drug-likeness (QED) is 0.585. The van der Waals surface area contributed by atoms with Crippen molar-refractivity contribution >= 4 is 12.2 Å². The van der Waals surface area contributed by atoms with Gasteiger partial charge in [0.15, 0.2) is 0 Å². The fraction of sp³-hybridized carbons (Fsp3) is 0.407. The van der Waals surface area contributed by atoms with E-state index in [0.29, 0.717) is 0 Å².